The molecule has 1 aliphatic rings. The number of hydrogen-bond donors (Lipinski definition) is 2. The average molecular weight is 271 g/mol. The highest BCUT2D eigenvalue weighted by molar-refractivity contribution is 6.00. The fourth-order valence-corrected chi connectivity index (χ4v) is 2.30. The first kappa shape index (κ1) is 12.6. The SMILES string of the molecule is N[C@H]1CN(c2ccccc2)c2ccc(F)cc2NC1=O. The van der Waals surface area contributed by atoms with Crippen molar-refractivity contribution in [2.24, 2.45) is 5.73 Å². The zero-order valence-electron chi connectivity index (χ0n) is 10.7. The number of amides is 1. The first-order valence-electron chi connectivity index (χ1n) is 6.34. The number of anilines is 3. The molecule has 4 nitrogen and oxygen atoms in total. The maximum Gasteiger partial charge on any atom is 0.243 e. The van der Waals surface area contributed by atoms with Crippen LogP contribution < -0.4 is 16.0 Å². The molecule has 2 aromatic rings. The highest BCUT2D eigenvalue weighted by atomic mass is 19.1. The summed E-state index contributed by atoms with van der Waals surface area (Å²) in [4.78, 5) is 13.8. The third kappa shape index (κ3) is 2.23. The maximum absolute atomic E-state index is 13.4. The first-order valence-corrected chi connectivity index (χ1v) is 6.34. The Labute approximate surface area is 116 Å². The third-order valence-corrected chi connectivity index (χ3v) is 3.29. The normalized spacial score (nSPS) is 18.2. The number of carbonyl (C=O) groups excluding carboxylic acids is 1. The second kappa shape index (κ2) is 4.94. The standard InChI is InChI=1S/C15H14FN3O/c16-10-6-7-14-13(8-10)18-15(20)12(17)9-19(14)11-4-2-1-3-5-11/h1-8,12H,9,17H2,(H,18,20)/t12-/m0/s1. The highest BCUT2D eigenvalue weighted by Gasteiger charge is 2.26. The fraction of sp³-hybridized carbons (Fsp3) is 0.133. The Kier molecular flexibility index (Phi) is 3.12. The zero-order chi connectivity index (χ0) is 14.1. The number of halogens is 1. The number of nitrogens with one attached hydrogen (secondary N) is 1. The van der Waals surface area contributed by atoms with Gasteiger partial charge in [-0.15, -0.1) is 0 Å². The van der Waals surface area contributed by atoms with Crippen LogP contribution in [0, 0.1) is 5.82 Å². The Bertz CT molecular complexity index is 645. The summed E-state index contributed by atoms with van der Waals surface area (Å²) in [5, 5.41) is 2.67. The molecule has 0 aliphatic carbocycles. The molecule has 20 heavy (non-hydrogen) atoms. The summed E-state index contributed by atoms with van der Waals surface area (Å²) < 4.78 is 13.4. The van der Waals surface area contributed by atoms with Crippen molar-refractivity contribution < 1.29 is 9.18 Å². The van der Waals surface area contributed by atoms with E-state index in [0.29, 0.717) is 12.2 Å². The summed E-state index contributed by atoms with van der Waals surface area (Å²) in [5.41, 5.74) is 7.96. The van der Waals surface area contributed by atoms with Gasteiger partial charge in [0.05, 0.1) is 11.4 Å². The summed E-state index contributed by atoms with van der Waals surface area (Å²) >= 11 is 0. The van der Waals surface area contributed by atoms with Crippen LogP contribution in [0.5, 0.6) is 0 Å². The van der Waals surface area contributed by atoms with Crippen molar-refractivity contribution in [3.05, 3.63) is 54.3 Å². The van der Waals surface area contributed by atoms with Gasteiger partial charge in [0.2, 0.25) is 5.91 Å². The minimum atomic E-state index is -0.675. The van der Waals surface area contributed by atoms with E-state index in [9.17, 15) is 9.18 Å². The van der Waals surface area contributed by atoms with Gasteiger partial charge in [0, 0.05) is 12.2 Å². The lowest BCUT2D eigenvalue weighted by Gasteiger charge is -2.25. The molecule has 1 aliphatic heterocycles. The van der Waals surface area contributed by atoms with Crippen LogP contribution in [-0.2, 0) is 4.79 Å². The van der Waals surface area contributed by atoms with Crippen LogP contribution in [0.1, 0.15) is 0 Å². The zero-order valence-corrected chi connectivity index (χ0v) is 10.7. The molecule has 5 heteroatoms. The maximum atomic E-state index is 13.4. The van der Waals surface area contributed by atoms with Gasteiger partial charge in [-0.2, -0.15) is 0 Å². The number of benzene rings is 2. The van der Waals surface area contributed by atoms with E-state index in [1.807, 2.05) is 35.2 Å². The Morgan fingerprint density at radius 2 is 1.95 bits per heavy atom. The summed E-state index contributed by atoms with van der Waals surface area (Å²) in [5.74, 6) is -0.706. The van der Waals surface area contributed by atoms with Crippen LogP contribution in [0.2, 0.25) is 0 Å². The molecule has 1 atom stereocenters. The number of carbonyl (C=O) groups is 1. The lowest BCUT2D eigenvalue weighted by atomic mass is 10.2. The number of para-hydroxylation sites is 1. The van der Waals surface area contributed by atoms with Gasteiger partial charge in [-0.3, -0.25) is 4.79 Å². The summed E-state index contributed by atoms with van der Waals surface area (Å²) in [6, 6.07) is 13.2. The van der Waals surface area contributed by atoms with Crippen LogP contribution in [0.15, 0.2) is 48.5 Å². The van der Waals surface area contributed by atoms with Crippen molar-refractivity contribution in [1.82, 2.24) is 0 Å². The van der Waals surface area contributed by atoms with E-state index >= 15 is 0 Å². The van der Waals surface area contributed by atoms with Crippen LogP contribution in [0.4, 0.5) is 21.5 Å². The molecule has 0 aromatic heterocycles. The van der Waals surface area contributed by atoms with E-state index < -0.39 is 11.9 Å². The van der Waals surface area contributed by atoms with Gasteiger partial charge in [-0.05, 0) is 30.3 Å². The van der Waals surface area contributed by atoms with E-state index in [-0.39, 0.29) is 5.91 Å². The molecule has 1 amide bonds. The molecule has 3 rings (SSSR count). The Morgan fingerprint density at radius 1 is 1.20 bits per heavy atom. The second-order valence-corrected chi connectivity index (χ2v) is 4.70. The van der Waals surface area contributed by atoms with Gasteiger partial charge in [-0.25, -0.2) is 4.39 Å². The lowest BCUT2D eigenvalue weighted by Crippen LogP contribution is -2.41. The van der Waals surface area contributed by atoms with E-state index in [1.165, 1.54) is 12.1 Å². The molecule has 0 unspecified atom stereocenters. The number of fused-ring (bicyclic) bond motifs is 1. The molecule has 0 spiro atoms. The minimum absolute atomic E-state index is 0.310. The van der Waals surface area contributed by atoms with Gasteiger partial charge in [0.25, 0.3) is 0 Å². The summed E-state index contributed by atoms with van der Waals surface area (Å²) in [6.45, 7) is 0.342. The number of nitrogens with zero attached hydrogens (tertiary/aromatic N) is 1. The average Bonchev–Trinajstić information content (AvgIpc) is 2.57. The van der Waals surface area contributed by atoms with Gasteiger partial charge >= 0.3 is 0 Å². The molecule has 102 valence electrons. The number of hydrogen-bond acceptors (Lipinski definition) is 3. The quantitative estimate of drug-likeness (QED) is 0.836. The van der Waals surface area contributed by atoms with Crippen molar-refractivity contribution in [2.75, 3.05) is 16.8 Å². The summed E-state index contributed by atoms with van der Waals surface area (Å²) in [7, 11) is 0. The fourth-order valence-electron chi connectivity index (χ4n) is 2.30. The van der Waals surface area contributed by atoms with Crippen molar-refractivity contribution in [2.45, 2.75) is 6.04 Å². The Hall–Kier alpha value is -2.40. The van der Waals surface area contributed by atoms with Crippen LogP contribution >= 0.6 is 0 Å². The second-order valence-electron chi connectivity index (χ2n) is 4.70. The number of nitrogens with two attached hydrogens (primary N) is 1. The predicted molar refractivity (Wildman–Crippen MR) is 76.5 cm³/mol. The van der Waals surface area contributed by atoms with Gasteiger partial charge in [-0.1, -0.05) is 18.2 Å². The van der Waals surface area contributed by atoms with Gasteiger partial charge < -0.3 is 16.0 Å². The topological polar surface area (TPSA) is 58.4 Å². The smallest absolute Gasteiger partial charge is 0.243 e. The van der Waals surface area contributed by atoms with Gasteiger partial charge in [0.1, 0.15) is 11.9 Å². The van der Waals surface area contributed by atoms with Crippen LogP contribution in [0.3, 0.4) is 0 Å². The molecule has 0 radical (unpaired) electrons. The highest BCUT2D eigenvalue weighted by Crippen LogP contribution is 2.34. The molecule has 0 fully saturated rings. The van der Waals surface area contributed by atoms with Crippen molar-refractivity contribution >= 4 is 23.0 Å². The minimum Gasteiger partial charge on any atom is -0.338 e. The van der Waals surface area contributed by atoms with Crippen molar-refractivity contribution in [3.8, 4) is 0 Å². The molecular formula is C15H14FN3O. The van der Waals surface area contributed by atoms with E-state index in [4.69, 9.17) is 5.73 Å². The van der Waals surface area contributed by atoms with E-state index in [1.54, 1.807) is 6.07 Å². The van der Waals surface area contributed by atoms with Crippen molar-refractivity contribution in [3.63, 3.8) is 0 Å². The lowest BCUT2D eigenvalue weighted by molar-refractivity contribution is -0.117. The van der Waals surface area contributed by atoms with E-state index in [0.717, 1.165) is 11.4 Å². The van der Waals surface area contributed by atoms with Crippen LogP contribution in [-0.4, -0.2) is 18.5 Å². The first-order chi connectivity index (χ1) is 9.65. The summed E-state index contributed by atoms with van der Waals surface area (Å²) in [6.07, 6.45) is 0. The van der Waals surface area contributed by atoms with Gasteiger partial charge in [0.15, 0.2) is 0 Å². The van der Waals surface area contributed by atoms with E-state index in [2.05, 4.69) is 5.32 Å². The molecule has 2 aromatic carbocycles. The Morgan fingerprint density at radius 3 is 2.70 bits per heavy atom. The number of rotatable bonds is 1. The molecule has 0 bridgehead atoms. The largest absolute Gasteiger partial charge is 0.338 e. The van der Waals surface area contributed by atoms with Crippen LogP contribution in [0.25, 0.3) is 0 Å². The predicted octanol–water partition coefficient (Wildman–Crippen LogP) is 2.24. The van der Waals surface area contributed by atoms with Crippen molar-refractivity contribution in [1.29, 1.82) is 0 Å². The third-order valence-electron chi connectivity index (χ3n) is 3.29. The monoisotopic (exact) mass is 271 g/mol. The molecule has 1 heterocycles. The molecular weight excluding hydrogens is 257 g/mol. The molecule has 0 saturated heterocycles. The molecule has 0 saturated carbocycles. The molecule has 3 N–H and O–H groups in total. The Balaban J connectivity index is 2.12.